The van der Waals surface area contributed by atoms with Crippen molar-refractivity contribution in [2.45, 2.75) is 11.7 Å². The van der Waals surface area contributed by atoms with Crippen molar-refractivity contribution in [3.8, 4) is 0 Å². The molecule has 2 amide bonds. The van der Waals surface area contributed by atoms with Crippen LogP contribution in [0.15, 0.2) is 30.3 Å². The van der Waals surface area contributed by atoms with E-state index in [0.29, 0.717) is 12.1 Å². The molecule has 2 rings (SSSR count). The summed E-state index contributed by atoms with van der Waals surface area (Å²) >= 11 is 1.52. The lowest BCUT2D eigenvalue weighted by atomic mass is 10.3. The van der Waals surface area contributed by atoms with E-state index in [1.54, 1.807) is 12.1 Å². The maximum Gasteiger partial charge on any atom is 0.247 e. The highest BCUT2D eigenvalue weighted by Crippen LogP contribution is 2.28. The molecule has 1 heterocycles. The number of nitrogens with zero attached hydrogens (tertiary/aromatic N) is 1. The number of quaternary nitrogens is 1. The van der Waals surface area contributed by atoms with Crippen LogP contribution in [0.2, 0.25) is 0 Å². The van der Waals surface area contributed by atoms with Crippen LogP contribution in [0.5, 0.6) is 0 Å². The molecule has 1 aliphatic rings. The lowest BCUT2D eigenvalue weighted by Gasteiger charge is -2.14. The molecular formula is C12H15N2O2S+. The minimum Gasteiger partial charge on any atom is -0.357 e. The van der Waals surface area contributed by atoms with Crippen molar-refractivity contribution in [3.63, 3.8) is 0 Å². The van der Waals surface area contributed by atoms with Gasteiger partial charge in [0.25, 0.3) is 0 Å². The number of hydrogen-bond donors (Lipinski definition) is 1. The molecule has 0 aromatic heterocycles. The summed E-state index contributed by atoms with van der Waals surface area (Å²) in [6.07, 6.45) is 0.304. The van der Waals surface area contributed by atoms with Gasteiger partial charge >= 0.3 is 0 Å². The van der Waals surface area contributed by atoms with Crippen molar-refractivity contribution < 1.29 is 15.3 Å². The molecule has 4 nitrogen and oxygen atoms in total. The van der Waals surface area contributed by atoms with Gasteiger partial charge in [0.15, 0.2) is 0 Å². The van der Waals surface area contributed by atoms with Crippen LogP contribution in [0.1, 0.15) is 6.42 Å². The number of carbonyl (C=O) groups excluding carboxylic acids is 2. The second kappa shape index (κ2) is 5.33. The number of carbonyl (C=O) groups is 2. The minimum atomic E-state index is -0.232. The molecule has 0 aliphatic carbocycles. The molecule has 3 N–H and O–H groups in total. The molecule has 17 heavy (non-hydrogen) atoms. The van der Waals surface area contributed by atoms with Gasteiger partial charge in [0.05, 0.1) is 17.5 Å². The average molecular weight is 251 g/mol. The molecule has 1 saturated heterocycles. The van der Waals surface area contributed by atoms with Gasteiger partial charge in [0, 0.05) is 12.2 Å². The Morgan fingerprint density at radius 3 is 2.65 bits per heavy atom. The highest BCUT2D eigenvalue weighted by molar-refractivity contribution is 8.00. The van der Waals surface area contributed by atoms with Crippen LogP contribution in [-0.2, 0) is 9.59 Å². The molecule has 1 atom stereocenters. The number of imide groups is 1. The molecule has 90 valence electrons. The normalized spacial score (nSPS) is 20.1. The summed E-state index contributed by atoms with van der Waals surface area (Å²) in [5.41, 5.74) is 4.40. The summed E-state index contributed by atoms with van der Waals surface area (Å²) in [5, 5.41) is -0.232. The van der Waals surface area contributed by atoms with E-state index < -0.39 is 0 Å². The number of thioether (sulfide) groups is 1. The fourth-order valence-corrected chi connectivity index (χ4v) is 2.77. The largest absolute Gasteiger partial charge is 0.357 e. The van der Waals surface area contributed by atoms with Crippen LogP contribution in [0, 0.1) is 0 Å². The third kappa shape index (κ3) is 2.50. The quantitative estimate of drug-likeness (QED) is 0.782. The van der Waals surface area contributed by atoms with Crippen molar-refractivity contribution in [3.05, 3.63) is 30.3 Å². The second-order valence-corrected chi connectivity index (χ2v) is 5.13. The topological polar surface area (TPSA) is 65.0 Å². The summed E-state index contributed by atoms with van der Waals surface area (Å²) in [4.78, 5) is 25.2. The van der Waals surface area contributed by atoms with E-state index in [4.69, 9.17) is 0 Å². The second-order valence-electron chi connectivity index (χ2n) is 3.82. The number of hydrogen-bond acceptors (Lipinski definition) is 3. The zero-order valence-corrected chi connectivity index (χ0v) is 10.3. The standard InChI is InChI=1S/C12H14N2O2S/c13-6-7-17-10-8-11(15)14(12(10)16)9-4-2-1-3-5-9/h1-5,10H,6-8,13H2/p+1/t10-/m1/s1. The highest BCUT2D eigenvalue weighted by Gasteiger charge is 2.39. The lowest BCUT2D eigenvalue weighted by molar-refractivity contribution is -0.360. The first kappa shape index (κ1) is 12.1. The maximum atomic E-state index is 12.1. The van der Waals surface area contributed by atoms with Crippen molar-refractivity contribution in [2.75, 3.05) is 17.2 Å². The van der Waals surface area contributed by atoms with Gasteiger partial charge in [-0.15, -0.1) is 11.8 Å². The summed E-state index contributed by atoms with van der Waals surface area (Å²) in [5.74, 6) is 0.606. The van der Waals surface area contributed by atoms with Crippen molar-refractivity contribution >= 4 is 29.3 Å². The predicted octanol–water partition coefficient (Wildman–Crippen LogP) is 0.294. The predicted molar refractivity (Wildman–Crippen MR) is 67.6 cm³/mol. The van der Waals surface area contributed by atoms with E-state index in [-0.39, 0.29) is 17.1 Å². The molecule has 0 spiro atoms. The third-order valence-electron chi connectivity index (χ3n) is 2.58. The number of para-hydroxylation sites is 1. The monoisotopic (exact) mass is 251 g/mol. The van der Waals surface area contributed by atoms with Gasteiger partial charge in [-0.1, -0.05) is 18.2 Å². The Hall–Kier alpha value is -1.33. The minimum absolute atomic E-state index is 0.0975. The maximum absolute atomic E-state index is 12.1. The molecular weight excluding hydrogens is 236 g/mol. The van der Waals surface area contributed by atoms with Gasteiger partial charge in [0.2, 0.25) is 11.8 Å². The Kier molecular flexibility index (Phi) is 3.81. The molecule has 1 aliphatic heterocycles. The summed E-state index contributed by atoms with van der Waals surface area (Å²) in [6.45, 7) is 0.772. The van der Waals surface area contributed by atoms with Gasteiger partial charge in [-0.2, -0.15) is 0 Å². The molecule has 0 bridgehead atoms. The molecule has 5 heteroatoms. The fourth-order valence-electron chi connectivity index (χ4n) is 1.81. The van der Waals surface area contributed by atoms with Crippen LogP contribution in [-0.4, -0.2) is 29.4 Å². The zero-order chi connectivity index (χ0) is 12.3. The first-order valence-electron chi connectivity index (χ1n) is 5.56. The van der Waals surface area contributed by atoms with Crippen molar-refractivity contribution in [2.24, 2.45) is 0 Å². The van der Waals surface area contributed by atoms with E-state index >= 15 is 0 Å². The SMILES string of the molecule is [NH3+]CCS[C@@H]1CC(=O)N(c2ccccc2)C1=O. The third-order valence-corrected chi connectivity index (χ3v) is 3.88. The van der Waals surface area contributed by atoms with Gasteiger partial charge in [-0.25, -0.2) is 4.90 Å². The Bertz CT molecular complexity index is 422. The molecule has 1 aromatic carbocycles. The van der Waals surface area contributed by atoms with E-state index in [0.717, 1.165) is 12.3 Å². The number of amides is 2. The van der Waals surface area contributed by atoms with Gasteiger partial charge in [-0.05, 0) is 12.1 Å². The first-order chi connectivity index (χ1) is 8.24. The smallest absolute Gasteiger partial charge is 0.247 e. The van der Waals surface area contributed by atoms with Crippen LogP contribution in [0.4, 0.5) is 5.69 Å². The lowest BCUT2D eigenvalue weighted by Crippen LogP contribution is -2.51. The van der Waals surface area contributed by atoms with Crippen LogP contribution in [0.3, 0.4) is 0 Å². The van der Waals surface area contributed by atoms with Crippen LogP contribution < -0.4 is 10.6 Å². The number of anilines is 1. The molecule has 1 fully saturated rings. The first-order valence-corrected chi connectivity index (χ1v) is 6.61. The Morgan fingerprint density at radius 2 is 2.00 bits per heavy atom. The Balaban J connectivity index is 2.15. The summed E-state index contributed by atoms with van der Waals surface area (Å²) in [6, 6.07) is 9.08. The van der Waals surface area contributed by atoms with E-state index in [9.17, 15) is 9.59 Å². The Labute approximate surface area is 104 Å². The van der Waals surface area contributed by atoms with Crippen molar-refractivity contribution in [1.82, 2.24) is 0 Å². The van der Waals surface area contributed by atoms with Crippen LogP contribution in [0.25, 0.3) is 0 Å². The molecule has 0 saturated carbocycles. The van der Waals surface area contributed by atoms with E-state index in [1.165, 1.54) is 16.7 Å². The Morgan fingerprint density at radius 1 is 1.29 bits per heavy atom. The average Bonchev–Trinajstić information content (AvgIpc) is 2.63. The molecule has 0 unspecified atom stereocenters. The van der Waals surface area contributed by atoms with Gasteiger partial charge in [-0.3, -0.25) is 9.59 Å². The highest BCUT2D eigenvalue weighted by atomic mass is 32.2. The number of benzene rings is 1. The summed E-state index contributed by atoms with van der Waals surface area (Å²) < 4.78 is 0. The summed E-state index contributed by atoms with van der Waals surface area (Å²) in [7, 11) is 0. The van der Waals surface area contributed by atoms with E-state index in [1.807, 2.05) is 18.2 Å². The molecule has 0 radical (unpaired) electrons. The number of rotatable bonds is 4. The van der Waals surface area contributed by atoms with Gasteiger partial charge in [0.1, 0.15) is 0 Å². The zero-order valence-electron chi connectivity index (χ0n) is 9.46. The van der Waals surface area contributed by atoms with Crippen molar-refractivity contribution in [1.29, 1.82) is 0 Å². The fraction of sp³-hybridized carbons (Fsp3) is 0.333. The van der Waals surface area contributed by atoms with Crippen LogP contribution >= 0.6 is 11.8 Å². The van der Waals surface area contributed by atoms with E-state index in [2.05, 4.69) is 5.73 Å². The molecule has 1 aromatic rings. The van der Waals surface area contributed by atoms with Gasteiger partial charge < -0.3 is 5.73 Å².